The molecule has 0 aliphatic carbocycles. The molecule has 2 aromatic heterocycles. The molecule has 2 aromatic carbocycles. The number of hydrogen-bond donors (Lipinski definition) is 1. The number of hydrogen-bond acceptors (Lipinski definition) is 2. The first-order valence-corrected chi connectivity index (χ1v) is 6.62. The van der Waals surface area contributed by atoms with Crippen LogP contribution in [0.5, 0.6) is 0 Å². The van der Waals surface area contributed by atoms with Gasteiger partial charge in [0.05, 0.1) is 15.7 Å². The number of thiazole rings is 1. The van der Waals surface area contributed by atoms with Gasteiger partial charge in [0.25, 0.3) is 0 Å². The van der Waals surface area contributed by atoms with E-state index in [0.29, 0.717) is 0 Å². The Bertz CT molecular complexity index is 634. The lowest BCUT2D eigenvalue weighted by atomic mass is 10.3. The number of benzene rings is 2. The first kappa shape index (κ1) is 11.0. The molecule has 4 aromatic rings. The molecule has 0 unspecified atom stereocenters. The number of para-hydroxylation sites is 2. The van der Waals surface area contributed by atoms with Crippen LogP contribution in [-0.2, 0) is 0 Å². The van der Waals surface area contributed by atoms with Gasteiger partial charge in [-0.3, -0.25) is 0 Å². The highest BCUT2D eigenvalue weighted by Crippen LogP contribution is 2.15. The lowest BCUT2D eigenvalue weighted by molar-refractivity contribution is 1.48. The molecule has 0 radical (unpaired) electrons. The Hall–Kier alpha value is -2.13. The summed E-state index contributed by atoms with van der Waals surface area (Å²) in [5.74, 6) is 0. The molecule has 0 aliphatic rings. The average Bonchev–Trinajstić information content (AvgIpc) is 3.08. The van der Waals surface area contributed by atoms with Crippen molar-refractivity contribution in [1.82, 2.24) is 9.97 Å². The maximum atomic E-state index is 4.14. The first-order valence-electron chi connectivity index (χ1n) is 5.74. The summed E-state index contributed by atoms with van der Waals surface area (Å²) in [6.45, 7) is 0. The number of nitrogens with zero attached hydrogens (tertiary/aromatic N) is 1. The molecule has 0 amide bonds. The molecule has 2 heterocycles. The highest BCUT2D eigenvalue weighted by Gasteiger charge is 1.89. The van der Waals surface area contributed by atoms with Crippen molar-refractivity contribution >= 4 is 32.5 Å². The predicted octanol–water partition coefficient (Wildman–Crippen LogP) is 4.71. The normalized spacial score (nSPS) is 10.2. The molecule has 0 fully saturated rings. The summed E-state index contributed by atoms with van der Waals surface area (Å²) >= 11 is 1.68. The minimum Gasteiger partial charge on any atom is -0.361 e. The Kier molecular flexibility index (Phi) is 3.07. The van der Waals surface area contributed by atoms with Crippen molar-refractivity contribution in [2.45, 2.75) is 0 Å². The van der Waals surface area contributed by atoms with Gasteiger partial charge in [-0.05, 0) is 29.7 Å². The third-order valence-electron chi connectivity index (χ3n) is 2.70. The van der Waals surface area contributed by atoms with Crippen LogP contribution in [0.15, 0.2) is 66.3 Å². The summed E-state index contributed by atoms with van der Waals surface area (Å²) in [5.41, 5.74) is 4.17. The van der Waals surface area contributed by atoms with E-state index < -0.39 is 0 Å². The van der Waals surface area contributed by atoms with Crippen molar-refractivity contribution in [2.24, 2.45) is 0 Å². The topological polar surface area (TPSA) is 28.7 Å². The molecule has 0 spiro atoms. The van der Waals surface area contributed by atoms with Gasteiger partial charge in [-0.15, -0.1) is 11.3 Å². The molecular formula is C15H14N2S. The highest BCUT2D eigenvalue weighted by atomic mass is 32.1. The molecule has 0 bridgehead atoms. The quantitative estimate of drug-likeness (QED) is 0.483. The SMILES string of the molecule is [HH].c1ccc2[nH]ccc2c1.c1ccc2scnc2c1. The monoisotopic (exact) mass is 254 g/mol. The van der Waals surface area contributed by atoms with E-state index in [2.05, 4.69) is 34.2 Å². The van der Waals surface area contributed by atoms with Crippen molar-refractivity contribution in [3.05, 3.63) is 66.3 Å². The summed E-state index contributed by atoms with van der Waals surface area (Å²) in [5, 5.41) is 1.28. The van der Waals surface area contributed by atoms with Crippen molar-refractivity contribution in [2.75, 3.05) is 0 Å². The molecule has 0 saturated carbocycles. The van der Waals surface area contributed by atoms with Crippen LogP contribution in [0.2, 0.25) is 0 Å². The second kappa shape index (κ2) is 5.02. The molecule has 3 heteroatoms. The lowest BCUT2D eigenvalue weighted by Gasteiger charge is -1.83. The van der Waals surface area contributed by atoms with Gasteiger partial charge < -0.3 is 4.98 Å². The fourth-order valence-corrected chi connectivity index (χ4v) is 2.48. The second-order valence-electron chi connectivity index (χ2n) is 3.89. The fourth-order valence-electron chi connectivity index (χ4n) is 1.80. The smallest absolute Gasteiger partial charge is 0.0812 e. The minimum atomic E-state index is 0. The number of rotatable bonds is 0. The summed E-state index contributed by atoms with van der Waals surface area (Å²) in [7, 11) is 0. The van der Waals surface area contributed by atoms with E-state index in [1.807, 2.05) is 42.0 Å². The Balaban J connectivity index is 0.000000133. The Morgan fingerprint density at radius 1 is 0.944 bits per heavy atom. The van der Waals surface area contributed by atoms with Crippen LogP contribution >= 0.6 is 11.3 Å². The van der Waals surface area contributed by atoms with Gasteiger partial charge in [-0.25, -0.2) is 4.98 Å². The van der Waals surface area contributed by atoms with Crippen molar-refractivity contribution in [3.63, 3.8) is 0 Å². The number of fused-ring (bicyclic) bond motifs is 2. The summed E-state index contributed by atoms with van der Waals surface area (Å²) in [6, 6.07) is 18.4. The molecule has 2 nitrogen and oxygen atoms in total. The van der Waals surface area contributed by atoms with E-state index in [0.717, 1.165) is 5.52 Å². The molecule has 0 aliphatic heterocycles. The summed E-state index contributed by atoms with van der Waals surface area (Å²) < 4.78 is 1.26. The van der Waals surface area contributed by atoms with Gasteiger partial charge in [0.1, 0.15) is 0 Å². The first-order chi connectivity index (χ1) is 8.93. The molecule has 1 N–H and O–H groups in total. The second-order valence-corrected chi connectivity index (χ2v) is 4.77. The Morgan fingerprint density at radius 2 is 1.78 bits per heavy atom. The van der Waals surface area contributed by atoms with Gasteiger partial charge in [-0.2, -0.15) is 0 Å². The fraction of sp³-hybridized carbons (Fsp3) is 0. The van der Waals surface area contributed by atoms with Gasteiger partial charge >= 0.3 is 0 Å². The summed E-state index contributed by atoms with van der Waals surface area (Å²) in [6.07, 6.45) is 1.95. The lowest BCUT2D eigenvalue weighted by Crippen LogP contribution is -1.61. The predicted molar refractivity (Wildman–Crippen MR) is 80.0 cm³/mol. The van der Waals surface area contributed by atoms with Gasteiger partial charge in [0.2, 0.25) is 0 Å². The highest BCUT2D eigenvalue weighted by molar-refractivity contribution is 7.16. The average molecular weight is 254 g/mol. The maximum absolute atomic E-state index is 4.14. The van der Waals surface area contributed by atoms with Crippen LogP contribution < -0.4 is 0 Å². The Labute approximate surface area is 110 Å². The number of H-pyrrole nitrogens is 1. The van der Waals surface area contributed by atoms with E-state index in [9.17, 15) is 0 Å². The summed E-state index contributed by atoms with van der Waals surface area (Å²) in [4.78, 5) is 7.26. The van der Waals surface area contributed by atoms with E-state index in [1.165, 1.54) is 15.6 Å². The molecular weight excluding hydrogens is 240 g/mol. The minimum absolute atomic E-state index is 0. The molecule has 18 heavy (non-hydrogen) atoms. The van der Waals surface area contributed by atoms with Crippen LogP contribution in [-0.4, -0.2) is 9.97 Å². The van der Waals surface area contributed by atoms with E-state index in [-0.39, 0.29) is 1.43 Å². The van der Waals surface area contributed by atoms with E-state index in [1.54, 1.807) is 11.3 Å². The zero-order valence-corrected chi connectivity index (χ0v) is 10.5. The van der Waals surface area contributed by atoms with Crippen molar-refractivity contribution < 1.29 is 1.43 Å². The third-order valence-corrected chi connectivity index (χ3v) is 3.51. The standard InChI is InChI=1S/C8H7N.C7H5NS.H2/c1-2-4-8-7(3-1)5-6-9-8;1-2-4-7-6(3-1)8-5-9-7;/h1-6,9H;1-5H;1H. The van der Waals surface area contributed by atoms with Crippen LogP contribution in [0.25, 0.3) is 21.1 Å². The molecule has 0 saturated heterocycles. The van der Waals surface area contributed by atoms with Gasteiger partial charge in [-0.1, -0.05) is 30.3 Å². The maximum Gasteiger partial charge on any atom is 0.0812 e. The van der Waals surface area contributed by atoms with E-state index in [4.69, 9.17) is 0 Å². The molecule has 0 atom stereocenters. The van der Waals surface area contributed by atoms with E-state index >= 15 is 0 Å². The number of aromatic amines is 1. The van der Waals surface area contributed by atoms with Gasteiger partial charge in [0, 0.05) is 13.1 Å². The zero-order chi connectivity index (χ0) is 12.2. The van der Waals surface area contributed by atoms with Crippen molar-refractivity contribution in [3.8, 4) is 0 Å². The number of aromatic nitrogens is 2. The van der Waals surface area contributed by atoms with Crippen LogP contribution in [0.1, 0.15) is 1.43 Å². The van der Waals surface area contributed by atoms with Gasteiger partial charge in [0.15, 0.2) is 0 Å². The van der Waals surface area contributed by atoms with Crippen molar-refractivity contribution in [1.29, 1.82) is 0 Å². The molecule has 4 rings (SSSR count). The van der Waals surface area contributed by atoms with Crippen LogP contribution in [0.4, 0.5) is 0 Å². The Morgan fingerprint density at radius 3 is 2.67 bits per heavy atom. The number of nitrogens with one attached hydrogen (secondary N) is 1. The largest absolute Gasteiger partial charge is 0.361 e. The zero-order valence-electron chi connectivity index (χ0n) is 9.71. The van der Waals surface area contributed by atoms with Crippen LogP contribution in [0.3, 0.4) is 0 Å². The third kappa shape index (κ3) is 2.26. The molecule has 90 valence electrons. The van der Waals surface area contributed by atoms with Crippen LogP contribution in [0, 0.1) is 0 Å².